The summed E-state index contributed by atoms with van der Waals surface area (Å²) in [4.78, 5) is 24.2. The van der Waals surface area contributed by atoms with E-state index in [4.69, 9.17) is 9.47 Å². The zero-order chi connectivity index (χ0) is 21.1. The number of benzene rings is 2. The minimum absolute atomic E-state index is 0.0435. The van der Waals surface area contributed by atoms with Crippen molar-refractivity contribution in [2.45, 2.75) is 44.2 Å². The highest BCUT2D eigenvalue weighted by Crippen LogP contribution is 2.36. The van der Waals surface area contributed by atoms with Crippen LogP contribution in [-0.4, -0.2) is 24.1 Å². The van der Waals surface area contributed by atoms with Crippen molar-refractivity contribution < 1.29 is 27.8 Å². The molecule has 1 saturated heterocycles. The Morgan fingerprint density at radius 1 is 1.17 bits per heavy atom. The van der Waals surface area contributed by atoms with Crippen LogP contribution >= 0.6 is 0 Å². The number of halogens is 2. The molecule has 2 aromatic carbocycles. The summed E-state index contributed by atoms with van der Waals surface area (Å²) in [6, 6.07) is 9.50. The van der Waals surface area contributed by atoms with Crippen LogP contribution in [0.25, 0.3) is 0 Å². The molecule has 30 heavy (non-hydrogen) atoms. The minimum atomic E-state index is -0.958. The summed E-state index contributed by atoms with van der Waals surface area (Å²) in [5, 5.41) is 5.65. The first-order valence-corrected chi connectivity index (χ1v) is 9.83. The molecule has 0 aliphatic carbocycles. The fourth-order valence-electron chi connectivity index (χ4n) is 3.94. The molecule has 2 aromatic rings. The third-order valence-electron chi connectivity index (χ3n) is 5.55. The van der Waals surface area contributed by atoms with Gasteiger partial charge in [0.25, 0.3) is 0 Å². The smallest absolute Gasteiger partial charge is 0.231 e. The van der Waals surface area contributed by atoms with Crippen LogP contribution in [0, 0.1) is 11.6 Å². The maximum Gasteiger partial charge on any atom is 0.231 e. The minimum Gasteiger partial charge on any atom is -0.454 e. The van der Waals surface area contributed by atoms with E-state index in [0.29, 0.717) is 37.2 Å². The van der Waals surface area contributed by atoms with Gasteiger partial charge in [-0.05, 0) is 43.0 Å². The van der Waals surface area contributed by atoms with Crippen LogP contribution in [0.15, 0.2) is 36.4 Å². The Hall–Kier alpha value is -3.16. The first kappa shape index (κ1) is 20.1. The quantitative estimate of drug-likeness (QED) is 0.728. The van der Waals surface area contributed by atoms with Gasteiger partial charge in [0.1, 0.15) is 0 Å². The van der Waals surface area contributed by atoms with E-state index in [1.54, 1.807) is 0 Å². The molecular weight excluding hydrogens is 394 g/mol. The van der Waals surface area contributed by atoms with Crippen molar-refractivity contribution in [3.8, 4) is 11.5 Å². The van der Waals surface area contributed by atoms with Crippen molar-refractivity contribution in [2.24, 2.45) is 0 Å². The van der Waals surface area contributed by atoms with Gasteiger partial charge in [-0.3, -0.25) is 9.59 Å². The van der Waals surface area contributed by atoms with E-state index in [9.17, 15) is 18.4 Å². The molecule has 2 N–H and O–H groups in total. The molecule has 2 aliphatic rings. The lowest BCUT2D eigenvalue weighted by Crippen LogP contribution is -2.44. The first-order valence-electron chi connectivity index (χ1n) is 9.83. The second-order valence-corrected chi connectivity index (χ2v) is 7.68. The number of fused-ring (bicyclic) bond motifs is 1. The number of nitrogens with one attached hydrogen (secondary N) is 2. The topological polar surface area (TPSA) is 76.7 Å². The summed E-state index contributed by atoms with van der Waals surface area (Å²) in [7, 11) is 0. The third-order valence-corrected chi connectivity index (χ3v) is 5.55. The van der Waals surface area contributed by atoms with Gasteiger partial charge in [0.15, 0.2) is 23.1 Å². The summed E-state index contributed by atoms with van der Waals surface area (Å²) in [6.45, 7) is 0.0939. The molecule has 2 heterocycles. The van der Waals surface area contributed by atoms with E-state index in [1.165, 1.54) is 12.1 Å². The fraction of sp³-hybridized carbons (Fsp3) is 0.364. The number of carbonyl (C=O) groups is 2. The molecule has 1 unspecified atom stereocenters. The number of amides is 2. The Kier molecular flexibility index (Phi) is 5.57. The van der Waals surface area contributed by atoms with E-state index < -0.39 is 17.2 Å². The van der Waals surface area contributed by atoms with Crippen molar-refractivity contribution in [2.75, 3.05) is 6.79 Å². The van der Waals surface area contributed by atoms with Crippen molar-refractivity contribution in [3.63, 3.8) is 0 Å². The normalized spacial score (nSPS) is 19.6. The van der Waals surface area contributed by atoms with E-state index >= 15 is 0 Å². The standard InChI is InChI=1S/C22H22F2N2O4/c23-16-3-1-2-15(21(16)24)12-25-19(27)6-8-22(9-7-20(28)26-22)11-14-4-5-17-18(10-14)30-13-29-17/h1-5,10H,6-9,11-13H2,(H,25,27)(H,26,28). The average molecular weight is 416 g/mol. The molecule has 2 aliphatic heterocycles. The van der Waals surface area contributed by atoms with Crippen LogP contribution in [0.1, 0.15) is 36.8 Å². The molecule has 2 amide bonds. The first-order chi connectivity index (χ1) is 14.4. The Labute approximate surface area is 172 Å². The van der Waals surface area contributed by atoms with E-state index in [-0.39, 0.29) is 37.1 Å². The molecule has 158 valence electrons. The van der Waals surface area contributed by atoms with Gasteiger partial charge in [0.2, 0.25) is 18.6 Å². The molecule has 8 heteroatoms. The van der Waals surface area contributed by atoms with Crippen molar-refractivity contribution in [1.82, 2.24) is 10.6 Å². The summed E-state index contributed by atoms with van der Waals surface area (Å²) < 4.78 is 37.8. The maximum atomic E-state index is 13.7. The lowest BCUT2D eigenvalue weighted by molar-refractivity contribution is -0.122. The Balaban J connectivity index is 1.37. The fourth-order valence-corrected chi connectivity index (χ4v) is 3.94. The van der Waals surface area contributed by atoms with Crippen molar-refractivity contribution in [3.05, 3.63) is 59.2 Å². The van der Waals surface area contributed by atoms with E-state index in [1.807, 2.05) is 18.2 Å². The zero-order valence-corrected chi connectivity index (χ0v) is 16.3. The summed E-state index contributed by atoms with van der Waals surface area (Å²) in [5.74, 6) is -0.880. The lowest BCUT2D eigenvalue weighted by Gasteiger charge is -2.29. The van der Waals surface area contributed by atoms with Crippen molar-refractivity contribution >= 4 is 11.8 Å². The van der Waals surface area contributed by atoms with Crippen LogP contribution < -0.4 is 20.1 Å². The Morgan fingerprint density at radius 2 is 2.00 bits per heavy atom. The summed E-state index contributed by atoms with van der Waals surface area (Å²) >= 11 is 0. The average Bonchev–Trinajstić information content (AvgIpc) is 3.34. The van der Waals surface area contributed by atoms with Gasteiger partial charge in [-0.25, -0.2) is 8.78 Å². The number of ether oxygens (including phenoxy) is 2. The molecule has 0 saturated carbocycles. The zero-order valence-electron chi connectivity index (χ0n) is 16.3. The number of hydrogen-bond acceptors (Lipinski definition) is 4. The highest BCUT2D eigenvalue weighted by atomic mass is 19.2. The molecule has 6 nitrogen and oxygen atoms in total. The van der Waals surface area contributed by atoms with Crippen LogP contribution in [0.3, 0.4) is 0 Å². The maximum absolute atomic E-state index is 13.7. The molecule has 0 radical (unpaired) electrons. The van der Waals surface area contributed by atoms with E-state index in [2.05, 4.69) is 10.6 Å². The van der Waals surface area contributed by atoms with Gasteiger partial charge in [-0.1, -0.05) is 18.2 Å². The molecule has 1 fully saturated rings. The summed E-state index contributed by atoms with van der Waals surface area (Å²) in [6.07, 6.45) is 2.17. The molecule has 0 aromatic heterocycles. The second kappa shape index (κ2) is 8.30. The predicted octanol–water partition coefficient (Wildman–Crippen LogP) is 2.98. The number of hydrogen-bond donors (Lipinski definition) is 2. The van der Waals surface area contributed by atoms with Gasteiger partial charge in [-0.15, -0.1) is 0 Å². The van der Waals surface area contributed by atoms with Crippen LogP contribution in [0.5, 0.6) is 11.5 Å². The largest absolute Gasteiger partial charge is 0.454 e. The van der Waals surface area contributed by atoms with E-state index in [0.717, 1.165) is 11.6 Å². The molecule has 0 spiro atoms. The SMILES string of the molecule is O=C(CCC1(Cc2ccc3c(c2)OCO3)CCC(=O)N1)NCc1cccc(F)c1F. The summed E-state index contributed by atoms with van der Waals surface area (Å²) in [5.41, 5.74) is 0.531. The van der Waals surface area contributed by atoms with Gasteiger partial charge in [0, 0.05) is 30.5 Å². The van der Waals surface area contributed by atoms with Gasteiger partial charge >= 0.3 is 0 Å². The number of carbonyl (C=O) groups excluding carboxylic acids is 2. The van der Waals surface area contributed by atoms with Gasteiger partial charge in [0.05, 0.1) is 0 Å². The van der Waals surface area contributed by atoms with Crippen LogP contribution in [-0.2, 0) is 22.6 Å². The molecule has 4 rings (SSSR count). The van der Waals surface area contributed by atoms with Crippen LogP contribution in [0.4, 0.5) is 8.78 Å². The monoisotopic (exact) mass is 416 g/mol. The number of rotatable bonds is 7. The molecule has 1 atom stereocenters. The van der Waals surface area contributed by atoms with Crippen molar-refractivity contribution in [1.29, 1.82) is 0 Å². The predicted molar refractivity (Wildman–Crippen MR) is 104 cm³/mol. The Morgan fingerprint density at radius 3 is 2.80 bits per heavy atom. The highest BCUT2D eigenvalue weighted by Gasteiger charge is 2.38. The lowest BCUT2D eigenvalue weighted by atomic mass is 9.85. The molecular formula is C22H22F2N2O4. The Bertz CT molecular complexity index is 982. The second-order valence-electron chi connectivity index (χ2n) is 7.68. The van der Waals surface area contributed by atoms with Gasteiger partial charge < -0.3 is 20.1 Å². The third kappa shape index (κ3) is 4.37. The van der Waals surface area contributed by atoms with Gasteiger partial charge in [-0.2, -0.15) is 0 Å². The molecule has 0 bridgehead atoms. The van der Waals surface area contributed by atoms with Crippen LogP contribution in [0.2, 0.25) is 0 Å². The highest BCUT2D eigenvalue weighted by molar-refractivity contribution is 5.80.